The van der Waals surface area contributed by atoms with E-state index in [1.165, 1.54) is 7.05 Å². The topological polar surface area (TPSA) is 86.4 Å². The SMILES string of the molecule is CN1C(=O)S[C@H](CC(=O)N2CCC[C@H](c3[nH]c4ccccc4c3-c3ccncc3)C2)C1=O. The predicted molar refractivity (Wildman–Crippen MR) is 124 cm³/mol. The van der Waals surface area contributed by atoms with Gasteiger partial charge in [-0.25, -0.2) is 0 Å². The first-order chi connectivity index (χ1) is 15.5. The van der Waals surface area contributed by atoms with E-state index in [1.54, 1.807) is 12.4 Å². The number of piperidine rings is 1. The number of carbonyl (C=O) groups is 3. The average molecular weight is 449 g/mol. The molecule has 1 N–H and O–H groups in total. The Morgan fingerprint density at radius 1 is 1.19 bits per heavy atom. The summed E-state index contributed by atoms with van der Waals surface area (Å²) >= 11 is 0.952. The van der Waals surface area contributed by atoms with Crippen molar-refractivity contribution in [1.29, 1.82) is 0 Å². The number of hydrogen-bond donors (Lipinski definition) is 1. The van der Waals surface area contributed by atoms with Crippen molar-refractivity contribution in [3.8, 4) is 11.1 Å². The van der Waals surface area contributed by atoms with Gasteiger partial charge in [-0.05, 0) is 36.6 Å². The highest BCUT2D eigenvalue weighted by molar-refractivity contribution is 8.15. The number of para-hydroxylation sites is 1. The number of fused-ring (bicyclic) bond motifs is 1. The molecule has 2 atom stereocenters. The van der Waals surface area contributed by atoms with E-state index in [0.717, 1.165) is 57.2 Å². The highest BCUT2D eigenvalue weighted by Gasteiger charge is 2.39. The van der Waals surface area contributed by atoms with Crippen LogP contribution in [-0.4, -0.2) is 62.2 Å². The van der Waals surface area contributed by atoms with Crippen LogP contribution in [0.3, 0.4) is 0 Å². The zero-order valence-corrected chi connectivity index (χ0v) is 18.6. The molecule has 0 radical (unpaired) electrons. The second-order valence-electron chi connectivity index (χ2n) is 8.35. The van der Waals surface area contributed by atoms with Crippen molar-refractivity contribution in [3.05, 3.63) is 54.5 Å². The summed E-state index contributed by atoms with van der Waals surface area (Å²) in [4.78, 5) is 47.8. The summed E-state index contributed by atoms with van der Waals surface area (Å²) < 4.78 is 0. The third-order valence-electron chi connectivity index (χ3n) is 6.37. The second kappa shape index (κ2) is 8.43. The van der Waals surface area contributed by atoms with Gasteiger partial charge in [0.05, 0.1) is 0 Å². The summed E-state index contributed by atoms with van der Waals surface area (Å²) in [6.45, 7) is 1.27. The van der Waals surface area contributed by atoms with Crippen LogP contribution in [0, 0.1) is 0 Å². The maximum Gasteiger partial charge on any atom is 0.288 e. The number of aromatic amines is 1. The Morgan fingerprint density at radius 2 is 1.97 bits per heavy atom. The third-order valence-corrected chi connectivity index (χ3v) is 7.50. The molecule has 0 bridgehead atoms. The normalized spacial score (nSPS) is 21.5. The summed E-state index contributed by atoms with van der Waals surface area (Å²) in [6.07, 6.45) is 5.54. The molecule has 32 heavy (non-hydrogen) atoms. The molecule has 2 aromatic heterocycles. The second-order valence-corrected chi connectivity index (χ2v) is 9.50. The smallest absolute Gasteiger partial charge is 0.288 e. The first kappa shape index (κ1) is 20.8. The minimum Gasteiger partial charge on any atom is -0.358 e. The van der Waals surface area contributed by atoms with Crippen LogP contribution in [0.4, 0.5) is 4.79 Å². The number of carbonyl (C=O) groups excluding carboxylic acids is 3. The van der Waals surface area contributed by atoms with E-state index in [1.807, 2.05) is 29.2 Å². The van der Waals surface area contributed by atoms with Gasteiger partial charge in [0.2, 0.25) is 11.8 Å². The number of aromatic nitrogens is 2. The van der Waals surface area contributed by atoms with E-state index in [4.69, 9.17) is 0 Å². The molecule has 8 heteroatoms. The van der Waals surface area contributed by atoms with E-state index >= 15 is 0 Å². The van der Waals surface area contributed by atoms with Gasteiger partial charge in [-0.1, -0.05) is 30.0 Å². The van der Waals surface area contributed by atoms with E-state index in [-0.39, 0.29) is 29.4 Å². The lowest BCUT2D eigenvalue weighted by Crippen LogP contribution is -2.41. The Hall–Kier alpha value is -3.13. The van der Waals surface area contributed by atoms with Crippen LogP contribution in [0.25, 0.3) is 22.0 Å². The lowest BCUT2D eigenvalue weighted by Gasteiger charge is -2.33. The van der Waals surface area contributed by atoms with Gasteiger partial charge in [0.25, 0.3) is 5.24 Å². The summed E-state index contributed by atoms with van der Waals surface area (Å²) in [5.41, 5.74) is 4.48. The van der Waals surface area contributed by atoms with Gasteiger partial charge < -0.3 is 9.88 Å². The van der Waals surface area contributed by atoms with Gasteiger partial charge in [-0.2, -0.15) is 0 Å². The van der Waals surface area contributed by atoms with Gasteiger partial charge in [0.15, 0.2) is 0 Å². The van der Waals surface area contributed by atoms with Crippen LogP contribution in [0.5, 0.6) is 0 Å². The Morgan fingerprint density at radius 3 is 2.72 bits per heavy atom. The zero-order valence-electron chi connectivity index (χ0n) is 17.8. The van der Waals surface area contributed by atoms with Crippen LogP contribution in [0.1, 0.15) is 30.9 Å². The predicted octanol–water partition coefficient (Wildman–Crippen LogP) is 4.02. The molecule has 3 aromatic rings. The number of nitrogens with zero attached hydrogens (tertiary/aromatic N) is 3. The number of rotatable bonds is 4. The molecular weight excluding hydrogens is 424 g/mol. The Bertz CT molecular complexity index is 1190. The summed E-state index contributed by atoms with van der Waals surface area (Å²) in [5, 5.41) is 0.261. The molecule has 7 nitrogen and oxygen atoms in total. The Balaban J connectivity index is 1.41. The van der Waals surface area contributed by atoms with Gasteiger partial charge in [0, 0.05) is 67.0 Å². The largest absolute Gasteiger partial charge is 0.358 e. The first-order valence-corrected chi connectivity index (χ1v) is 11.7. The van der Waals surface area contributed by atoms with Crippen molar-refractivity contribution in [2.75, 3.05) is 20.1 Å². The lowest BCUT2D eigenvalue weighted by molar-refractivity contribution is -0.135. The van der Waals surface area contributed by atoms with Gasteiger partial charge in [-0.3, -0.25) is 24.3 Å². The number of hydrogen-bond acceptors (Lipinski definition) is 5. The summed E-state index contributed by atoms with van der Waals surface area (Å²) in [6, 6.07) is 12.3. The van der Waals surface area contributed by atoms with E-state index in [9.17, 15) is 14.4 Å². The maximum absolute atomic E-state index is 13.0. The van der Waals surface area contributed by atoms with Crippen LogP contribution < -0.4 is 0 Å². The molecule has 2 aliphatic rings. The molecule has 0 aliphatic carbocycles. The molecule has 2 aliphatic heterocycles. The van der Waals surface area contributed by atoms with Crippen LogP contribution in [0.15, 0.2) is 48.8 Å². The fourth-order valence-electron chi connectivity index (χ4n) is 4.71. The van der Waals surface area contributed by atoms with Crippen molar-refractivity contribution < 1.29 is 14.4 Å². The molecular formula is C24H24N4O3S. The minimum atomic E-state index is -0.610. The Labute approximate surface area is 190 Å². The van der Waals surface area contributed by atoms with E-state index in [0.29, 0.717) is 13.1 Å². The van der Waals surface area contributed by atoms with Gasteiger partial charge in [-0.15, -0.1) is 0 Å². The minimum absolute atomic E-state index is 0.0646. The fraction of sp³-hybridized carbons (Fsp3) is 0.333. The molecule has 3 amide bonds. The van der Waals surface area contributed by atoms with E-state index in [2.05, 4.69) is 22.1 Å². The average Bonchev–Trinajstić information content (AvgIpc) is 3.33. The molecule has 0 spiro atoms. The molecule has 0 unspecified atom stereocenters. The molecule has 0 saturated carbocycles. The monoisotopic (exact) mass is 448 g/mol. The molecule has 164 valence electrons. The number of H-pyrrole nitrogens is 1. The number of nitrogens with one attached hydrogen (secondary N) is 1. The molecule has 4 heterocycles. The number of amides is 3. The van der Waals surface area contributed by atoms with Crippen molar-refractivity contribution in [2.24, 2.45) is 0 Å². The quantitative estimate of drug-likeness (QED) is 0.652. The molecule has 5 rings (SSSR count). The van der Waals surface area contributed by atoms with Crippen LogP contribution in [0.2, 0.25) is 0 Å². The highest BCUT2D eigenvalue weighted by Crippen LogP contribution is 2.39. The Kier molecular flexibility index (Phi) is 5.46. The third kappa shape index (κ3) is 3.68. The fourth-order valence-corrected chi connectivity index (χ4v) is 5.69. The van der Waals surface area contributed by atoms with Crippen molar-refractivity contribution in [2.45, 2.75) is 30.4 Å². The lowest BCUT2D eigenvalue weighted by atomic mass is 9.89. The highest BCUT2D eigenvalue weighted by atomic mass is 32.2. The number of imide groups is 1. The summed E-state index contributed by atoms with van der Waals surface area (Å²) in [5.74, 6) is -0.178. The van der Waals surface area contributed by atoms with Crippen LogP contribution >= 0.6 is 11.8 Å². The number of benzene rings is 1. The number of pyridine rings is 1. The standard InChI is InChI=1S/C24H24N4O3S/c1-27-23(30)19(32-24(27)31)13-20(29)28-12-4-5-16(14-28)22-21(15-8-10-25-11-9-15)17-6-2-3-7-18(17)26-22/h2-3,6-11,16,19,26H,4-5,12-14H2,1H3/t16-,19+/m0/s1. The maximum atomic E-state index is 13.0. The summed E-state index contributed by atoms with van der Waals surface area (Å²) in [7, 11) is 1.47. The van der Waals surface area contributed by atoms with Gasteiger partial charge in [0.1, 0.15) is 5.25 Å². The van der Waals surface area contributed by atoms with Crippen LogP contribution in [-0.2, 0) is 9.59 Å². The number of thioether (sulfide) groups is 1. The molecule has 2 fully saturated rings. The first-order valence-electron chi connectivity index (χ1n) is 10.8. The zero-order chi connectivity index (χ0) is 22.2. The number of likely N-dealkylation sites (tertiary alicyclic amines) is 1. The van der Waals surface area contributed by atoms with Crippen molar-refractivity contribution in [3.63, 3.8) is 0 Å². The van der Waals surface area contributed by atoms with E-state index < -0.39 is 5.25 Å². The van der Waals surface area contributed by atoms with Crippen molar-refractivity contribution in [1.82, 2.24) is 19.8 Å². The van der Waals surface area contributed by atoms with Gasteiger partial charge >= 0.3 is 0 Å². The van der Waals surface area contributed by atoms with Crippen molar-refractivity contribution >= 4 is 39.7 Å². The molecule has 1 aromatic carbocycles. The molecule has 2 saturated heterocycles.